The number of para-hydroxylation sites is 2. The highest BCUT2D eigenvalue weighted by atomic mass is 16.5. The maximum absolute atomic E-state index is 7.24. The smallest absolute Gasteiger partial charge is 0.143 e. The van der Waals surface area contributed by atoms with Gasteiger partial charge >= 0.3 is 0 Å². The largest absolute Gasteiger partial charge is 0.455 e. The van der Waals surface area contributed by atoms with Crippen molar-refractivity contribution >= 4 is 60.5 Å². The van der Waals surface area contributed by atoms with Gasteiger partial charge in [-0.3, -0.25) is 0 Å². The van der Waals surface area contributed by atoms with Crippen molar-refractivity contribution in [3.05, 3.63) is 282 Å². The Morgan fingerprint density at radius 3 is 1.53 bits per heavy atom. The van der Waals surface area contributed by atoms with Crippen molar-refractivity contribution in [3.8, 4) is 56.0 Å². The first-order valence-electron chi connectivity index (χ1n) is 26.1. The van der Waals surface area contributed by atoms with Gasteiger partial charge < -0.3 is 14.1 Å². The zero-order valence-electron chi connectivity index (χ0n) is 41.4. The van der Waals surface area contributed by atoms with E-state index in [4.69, 9.17) is 9.15 Å². The minimum atomic E-state index is -0.626. The van der Waals surface area contributed by atoms with Gasteiger partial charge in [0.25, 0.3) is 0 Å². The average Bonchev–Trinajstić information content (AvgIpc) is 4.26. The van der Waals surface area contributed by atoms with Crippen molar-refractivity contribution in [3.63, 3.8) is 0 Å². The first-order valence-corrected chi connectivity index (χ1v) is 26.1. The molecule has 0 saturated heterocycles. The number of rotatable bonds is 5. The third-order valence-electron chi connectivity index (χ3n) is 16.9. The van der Waals surface area contributed by atoms with Gasteiger partial charge in [-0.1, -0.05) is 214 Å². The fourth-order valence-electron chi connectivity index (χ4n) is 13.4. The maximum atomic E-state index is 7.24. The van der Waals surface area contributed by atoms with Gasteiger partial charge in [0.05, 0.1) is 5.41 Å². The molecule has 352 valence electrons. The number of fused-ring (bicyclic) bond motifs is 19. The van der Waals surface area contributed by atoms with Crippen molar-refractivity contribution in [1.29, 1.82) is 0 Å². The number of hydrogen-bond donors (Lipinski definition) is 0. The quantitative estimate of drug-likeness (QED) is 0.172. The first-order chi connectivity index (χ1) is 36.9. The van der Waals surface area contributed by atoms with Gasteiger partial charge in [-0.05, 0) is 121 Å². The average molecular weight is 958 g/mol. The summed E-state index contributed by atoms with van der Waals surface area (Å²) in [6.07, 6.45) is 0. The van der Waals surface area contributed by atoms with Gasteiger partial charge in [-0.2, -0.15) is 0 Å². The minimum Gasteiger partial charge on any atom is -0.455 e. The van der Waals surface area contributed by atoms with Crippen LogP contribution in [0.2, 0.25) is 0 Å². The molecule has 3 aliphatic rings. The molecule has 2 aliphatic carbocycles. The summed E-state index contributed by atoms with van der Waals surface area (Å²) in [5, 5.41) is 6.81. The molecule has 0 radical (unpaired) electrons. The fourth-order valence-corrected chi connectivity index (χ4v) is 13.4. The molecule has 0 atom stereocenters. The lowest BCUT2D eigenvalue weighted by Gasteiger charge is -2.40. The Morgan fingerprint density at radius 2 is 0.827 bits per heavy atom. The van der Waals surface area contributed by atoms with E-state index in [0.717, 1.165) is 94.3 Å². The normalized spacial score (nSPS) is 14.1. The molecule has 16 rings (SSSR count). The number of furan rings is 1. The zero-order valence-corrected chi connectivity index (χ0v) is 41.4. The molecule has 3 nitrogen and oxygen atoms in total. The van der Waals surface area contributed by atoms with Crippen LogP contribution >= 0.6 is 0 Å². The molecule has 2 heterocycles. The summed E-state index contributed by atoms with van der Waals surface area (Å²) in [7, 11) is 0. The van der Waals surface area contributed by atoms with E-state index >= 15 is 0 Å². The Bertz CT molecular complexity index is 4450. The molecule has 0 bridgehead atoms. The highest BCUT2D eigenvalue weighted by Gasteiger charge is 2.52. The third kappa shape index (κ3) is 5.87. The second-order valence-electron chi connectivity index (χ2n) is 21.1. The molecular formula is C72H47NO2. The number of hydrogen-bond acceptors (Lipinski definition) is 3. The van der Waals surface area contributed by atoms with Crippen molar-refractivity contribution in [1.82, 2.24) is 0 Å². The van der Waals surface area contributed by atoms with Gasteiger partial charge in [0.15, 0.2) is 0 Å². The monoisotopic (exact) mass is 957 g/mol. The van der Waals surface area contributed by atoms with Crippen molar-refractivity contribution in [2.75, 3.05) is 4.90 Å². The van der Waals surface area contributed by atoms with Crippen LogP contribution in [0.4, 0.5) is 17.1 Å². The Balaban J connectivity index is 0.850. The van der Waals surface area contributed by atoms with Crippen LogP contribution in [0.1, 0.15) is 47.2 Å². The zero-order chi connectivity index (χ0) is 49.6. The van der Waals surface area contributed by atoms with E-state index in [1.807, 2.05) is 6.07 Å². The van der Waals surface area contributed by atoms with Crippen LogP contribution in [0.3, 0.4) is 0 Å². The summed E-state index contributed by atoms with van der Waals surface area (Å²) in [5.74, 6) is 1.85. The van der Waals surface area contributed by atoms with Crippen molar-refractivity contribution in [2.45, 2.75) is 24.7 Å². The summed E-state index contributed by atoms with van der Waals surface area (Å²) in [6, 6.07) is 91.5. The lowest BCUT2D eigenvalue weighted by Crippen LogP contribution is -2.32. The topological polar surface area (TPSA) is 25.6 Å². The molecule has 1 aliphatic heterocycles. The SMILES string of the molecule is CC1(C)c2ccccc2-c2cc(N(c3ccc(-c4ccc5c(c4)C4(c6ccccc6-5)c5ccc6ccccc6c5Oc5c4ccc4ccccc54)cc3)c3ccc(-c4cccc5c4oc4ccccc45)cc3)ccc21. The van der Waals surface area contributed by atoms with Crippen LogP contribution < -0.4 is 9.64 Å². The van der Waals surface area contributed by atoms with Crippen molar-refractivity contribution < 1.29 is 9.15 Å². The van der Waals surface area contributed by atoms with Gasteiger partial charge in [0, 0.05) is 60.7 Å². The van der Waals surface area contributed by atoms with E-state index in [2.05, 4.69) is 261 Å². The lowest BCUT2D eigenvalue weighted by atomic mass is 9.65. The predicted octanol–water partition coefficient (Wildman–Crippen LogP) is 19.5. The van der Waals surface area contributed by atoms with Crippen LogP contribution in [0.5, 0.6) is 11.5 Å². The summed E-state index contributed by atoms with van der Waals surface area (Å²) >= 11 is 0. The van der Waals surface area contributed by atoms with Crippen LogP contribution in [-0.2, 0) is 10.8 Å². The predicted molar refractivity (Wildman–Crippen MR) is 309 cm³/mol. The molecule has 0 amide bonds. The second-order valence-corrected chi connectivity index (χ2v) is 21.1. The summed E-state index contributed by atoms with van der Waals surface area (Å²) < 4.78 is 13.8. The van der Waals surface area contributed by atoms with Gasteiger partial charge in [-0.25, -0.2) is 0 Å². The van der Waals surface area contributed by atoms with Gasteiger partial charge in [0.2, 0.25) is 0 Å². The van der Waals surface area contributed by atoms with Crippen LogP contribution in [0.15, 0.2) is 253 Å². The number of benzene rings is 12. The number of nitrogens with zero attached hydrogens (tertiary/aromatic N) is 1. The second kappa shape index (κ2) is 15.5. The van der Waals surface area contributed by atoms with Crippen LogP contribution in [0, 0.1) is 0 Å². The molecule has 0 N–H and O–H groups in total. The van der Waals surface area contributed by atoms with Gasteiger partial charge in [0.1, 0.15) is 22.7 Å². The standard InChI is InChI=1S/C72H47NO2/c1-71(2)61-23-10-7-19-56(61)60-43-51(37-41-62(60)71)73(50-35-28-47(29-36-50)52-21-13-22-59-58-20-9-12-25-67(58)74-68(52)59)49-33-26-44(27-34-49)48-30-38-57-55-18-8-11-24-63(55)72(66(57)42-48)64-39-31-45-14-3-5-16-53(45)69(64)75-70-54-17-6-4-15-46(54)32-40-65(70)72/h3-43H,1-2H3. The highest BCUT2D eigenvalue weighted by molar-refractivity contribution is 6.10. The molecule has 0 saturated carbocycles. The Hall–Kier alpha value is -9.44. The summed E-state index contributed by atoms with van der Waals surface area (Å²) in [5.41, 5.74) is 21.5. The summed E-state index contributed by atoms with van der Waals surface area (Å²) in [6.45, 7) is 4.69. The van der Waals surface area contributed by atoms with E-state index in [9.17, 15) is 0 Å². The molecule has 0 fully saturated rings. The van der Waals surface area contributed by atoms with E-state index in [-0.39, 0.29) is 5.41 Å². The third-order valence-corrected chi connectivity index (χ3v) is 16.9. The summed E-state index contributed by atoms with van der Waals surface area (Å²) in [4.78, 5) is 2.41. The number of ether oxygens (including phenoxy) is 1. The number of anilines is 3. The maximum Gasteiger partial charge on any atom is 0.143 e. The molecule has 1 spiro atoms. The van der Waals surface area contributed by atoms with Crippen molar-refractivity contribution in [2.24, 2.45) is 0 Å². The highest BCUT2D eigenvalue weighted by Crippen LogP contribution is 2.64. The van der Waals surface area contributed by atoms with E-state index in [0.29, 0.717) is 0 Å². The van der Waals surface area contributed by atoms with E-state index in [1.54, 1.807) is 0 Å². The Labute approximate surface area is 435 Å². The minimum absolute atomic E-state index is 0.0948. The van der Waals surface area contributed by atoms with Crippen LogP contribution in [0.25, 0.3) is 88.0 Å². The first kappa shape index (κ1) is 42.1. The Morgan fingerprint density at radius 1 is 0.320 bits per heavy atom. The van der Waals surface area contributed by atoms with E-state index in [1.165, 1.54) is 55.6 Å². The van der Waals surface area contributed by atoms with E-state index < -0.39 is 5.41 Å². The molecular weight excluding hydrogens is 911 g/mol. The molecule has 3 heteroatoms. The lowest BCUT2D eigenvalue weighted by molar-refractivity contribution is 0.447. The molecule has 75 heavy (non-hydrogen) atoms. The molecule has 12 aromatic carbocycles. The Kier molecular flexibility index (Phi) is 8.72. The van der Waals surface area contributed by atoms with Crippen LogP contribution in [-0.4, -0.2) is 0 Å². The molecule has 0 unspecified atom stereocenters. The molecule has 1 aromatic heterocycles. The van der Waals surface area contributed by atoms with Gasteiger partial charge in [-0.15, -0.1) is 0 Å². The molecule has 13 aromatic rings. The fraction of sp³-hybridized carbons (Fsp3) is 0.0556.